The second kappa shape index (κ2) is 4.03. The first kappa shape index (κ1) is 10.2. The van der Waals surface area contributed by atoms with Crippen molar-refractivity contribution in [1.82, 2.24) is 0 Å². The predicted octanol–water partition coefficient (Wildman–Crippen LogP) is 4.16. The van der Waals surface area contributed by atoms with Crippen LogP contribution in [-0.4, -0.2) is 9.65 Å². The largest absolute Gasteiger partial charge is 0.0835 e. The quantitative estimate of drug-likeness (QED) is 0.445. The zero-order valence-electron chi connectivity index (χ0n) is 6.83. The minimum atomic E-state index is 0.416. The van der Waals surface area contributed by atoms with Crippen molar-refractivity contribution in [2.24, 2.45) is 11.8 Å². The maximum atomic E-state index is 3.66. The molecule has 2 bridgehead atoms. The summed E-state index contributed by atoms with van der Waals surface area (Å²) in [4.78, 5) is 0.848. The second-order valence-electron chi connectivity index (χ2n) is 3.31. The molecule has 3 heteroatoms. The van der Waals surface area contributed by atoms with Crippen LogP contribution >= 0.6 is 47.8 Å². The molecule has 0 saturated heterocycles. The number of alkyl halides is 2. The van der Waals surface area contributed by atoms with Gasteiger partial charge in [0.25, 0.3) is 0 Å². The Kier molecular flexibility index (Phi) is 3.16. The van der Waals surface area contributed by atoms with Crippen molar-refractivity contribution in [3.05, 3.63) is 34.9 Å². The zero-order valence-corrected chi connectivity index (χ0v) is 11.6. The molecule has 4 atom stereocenters. The predicted molar refractivity (Wildman–Crippen MR) is 67.7 cm³/mol. The molecule has 0 saturated carbocycles. The van der Waals surface area contributed by atoms with E-state index < -0.39 is 0 Å². The highest BCUT2D eigenvalue weighted by Gasteiger charge is 2.26. The van der Waals surface area contributed by atoms with E-state index in [-0.39, 0.29) is 0 Å². The van der Waals surface area contributed by atoms with Crippen LogP contribution in [0.25, 0.3) is 0 Å². The number of rotatable bonds is 0. The molecule has 70 valence electrons. The SMILES string of the molecule is BrC1=CC2C=CC(Br)[C@@H]1C=C[C@H]2Br. The first-order valence-electron chi connectivity index (χ1n) is 4.20. The average Bonchev–Trinajstić information content (AvgIpc) is 2.30. The van der Waals surface area contributed by atoms with Gasteiger partial charge in [-0.05, 0) is 0 Å². The van der Waals surface area contributed by atoms with Gasteiger partial charge in [-0.3, -0.25) is 0 Å². The van der Waals surface area contributed by atoms with Crippen LogP contribution in [0.3, 0.4) is 0 Å². The van der Waals surface area contributed by atoms with Gasteiger partial charge in [-0.1, -0.05) is 78.2 Å². The average molecular weight is 369 g/mol. The van der Waals surface area contributed by atoms with E-state index in [4.69, 9.17) is 0 Å². The highest BCUT2D eigenvalue weighted by atomic mass is 79.9. The van der Waals surface area contributed by atoms with Crippen LogP contribution in [0.5, 0.6) is 0 Å². The fourth-order valence-corrected chi connectivity index (χ4v) is 3.85. The van der Waals surface area contributed by atoms with E-state index in [1.54, 1.807) is 0 Å². The molecule has 0 aromatic carbocycles. The van der Waals surface area contributed by atoms with Crippen molar-refractivity contribution in [3.8, 4) is 0 Å². The van der Waals surface area contributed by atoms with E-state index in [1.807, 2.05) is 0 Å². The maximum Gasteiger partial charge on any atom is 0.0434 e. The van der Waals surface area contributed by atoms with Crippen molar-refractivity contribution in [2.45, 2.75) is 9.65 Å². The minimum Gasteiger partial charge on any atom is -0.0835 e. The molecular weight excluding hydrogens is 360 g/mol. The van der Waals surface area contributed by atoms with E-state index >= 15 is 0 Å². The van der Waals surface area contributed by atoms with Crippen LogP contribution in [0.1, 0.15) is 0 Å². The normalized spacial score (nSPS) is 42.8. The van der Waals surface area contributed by atoms with Gasteiger partial charge in [-0.15, -0.1) is 0 Å². The smallest absolute Gasteiger partial charge is 0.0434 e. The minimum absolute atomic E-state index is 0.416. The van der Waals surface area contributed by atoms with E-state index in [1.165, 1.54) is 4.48 Å². The van der Waals surface area contributed by atoms with E-state index in [2.05, 4.69) is 78.2 Å². The lowest BCUT2D eigenvalue weighted by Gasteiger charge is -2.15. The molecule has 2 unspecified atom stereocenters. The highest BCUT2D eigenvalue weighted by Crippen LogP contribution is 2.37. The first-order chi connectivity index (χ1) is 6.18. The molecule has 0 fully saturated rings. The Hall–Kier alpha value is 0.660. The summed E-state index contributed by atoms with van der Waals surface area (Å²) >= 11 is 10.9. The topological polar surface area (TPSA) is 0 Å². The molecule has 0 aromatic rings. The summed E-state index contributed by atoms with van der Waals surface area (Å²) in [5.74, 6) is 0.918. The summed E-state index contributed by atoms with van der Waals surface area (Å²) in [5, 5.41) is 0. The summed E-state index contributed by atoms with van der Waals surface area (Å²) in [7, 11) is 0. The molecule has 0 aliphatic heterocycles. The summed E-state index contributed by atoms with van der Waals surface area (Å²) in [5.41, 5.74) is 0. The number of hydrogen-bond donors (Lipinski definition) is 0. The number of hydrogen-bond acceptors (Lipinski definition) is 0. The summed E-state index contributed by atoms with van der Waals surface area (Å²) in [6, 6.07) is 0. The van der Waals surface area contributed by atoms with Crippen molar-refractivity contribution in [2.75, 3.05) is 0 Å². The fourth-order valence-electron chi connectivity index (χ4n) is 1.61. The van der Waals surface area contributed by atoms with Crippen LogP contribution in [0.2, 0.25) is 0 Å². The molecule has 2 aliphatic carbocycles. The monoisotopic (exact) mass is 366 g/mol. The number of fused-ring (bicyclic) bond motifs is 2. The van der Waals surface area contributed by atoms with E-state index in [0.717, 1.165) is 0 Å². The van der Waals surface area contributed by atoms with Gasteiger partial charge in [-0.25, -0.2) is 0 Å². The fraction of sp³-hybridized carbons (Fsp3) is 0.400. The lowest BCUT2D eigenvalue weighted by atomic mass is 10.0. The van der Waals surface area contributed by atoms with Crippen LogP contribution < -0.4 is 0 Å². The molecule has 13 heavy (non-hydrogen) atoms. The van der Waals surface area contributed by atoms with Gasteiger partial charge in [0.2, 0.25) is 0 Å². The van der Waals surface area contributed by atoms with Gasteiger partial charge in [0, 0.05) is 26.0 Å². The molecule has 0 amide bonds. The molecule has 0 aromatic heterocycles. The molecule has 0 nitrogen and oxygen atoms in total. The summed E-state index contributed by atoms with van der Waals surface area (Å²) in [6.45, 7) is 0. The maximum absolute atomic E-state index is 3.66. The van der Waals surface area contributed by atoms with Gasteiger partial charge in [0.05, 0.1) is 0 Å². The Bertz CT molecular complexity index is 291. The van der Waals surface area contributed by atoms with Crippen molar-refractivity contribution < 1.29 is 0 Å². The summed E-state index contributed by atoms with van der Waals surface area (Å²) < 4.78 is 1.28. The summed E-state index contributed by atoms with van der Waals surface area (Å²) in [6.07, 6.45) is 11.3. The molecular formula is C10H9Br3. The third-order valence-electron chi connectivity index (χ3n) is 2.40. The van der Waals surface area contributed by atoms with Gasteiger partial charge in [0.15, 0.2) is 0 Å². The van der Waals surface area contributed by atoms with Crippen LogP contribution in [0, 0.1) is 11.8 Å². The van der Waals surface area contributed by atoms with Gasteiger partial charge in [0.1, 0.15) is 0 Å². The third-order valence-corrected chi connectivity index (χ3v) is 4.98. The van der Waals surface area contributed by atoms with E-state index in [9.17, 15) is 0 Å². The zero-order chi connectivity index (χ0) is 9.42. The Balaban J connectivity index is 2.42. The molecule has 0 spiro atoms. The van der Waals surface area contributed by atoms with Crippen molar-refractivity contribution in [3.63, 3.8) is 0 Å². The van der Waals surface area contributed by atoms with Gasteiger partial charge >= 0.3 is 0 Å². The second-order valence-corrected chi connectivity index (χ2v) is 6.34. The number of halogens is 3. The number of allylic oxidation sites excluding steroid dienone is 6. The third kappa shape index (κ3) is 2.02. The molecule has 2 rings (SSSR count). The molecule has 0 radical (unpaired) electrons. The molecule has 0 N–H and O–H groups in total. The Morgan fingerprint density at radius 1 is 0.923 bits per heavy atom. The first-order valence-corrected chi connectivity index (χ1v) is 6.83. The van der Waals surface area contributed by atoms with E-state index in [0.29, 0.717) is 21.5 Å². The van der Waals surface area contributed by atoms with Gasteiger partial charge < -0.3 is 0 Å². The lowest BCUT2D eigenvalue weighted by molar-refractivity contribution is 0.837. The Morgan fingerprint density at radius 3 is 2.38 bits per heavy atom. The van der Waals surface area contributed by atoms with Crippen LogP contribution in [0.15, 0.2) is 34.9 Å². The molecule has 2 aliphatic rings. The Morgan fingerprint density at radius 2 is 1.62 bits per heavy atom. The van der Waals surface area contributed by atoms with Crippen LogP contribution in [-0.2, 0) is 0 Å². The Labute approximate surface area is 104 Å². The van der Waals surface area contributed by atoms with Crippen molar-refractivity contribution >= 4 is 47.8 Å². The molecule has 0 heterocycles. The van der Waals surface area contributed by atoms with Crippen LogP contribution in [0.4, 0.5) is 0 Å². The standard InChI is InChI=1S/C10H9Br3/c11-8-4-2-7-9(12)3-1-6(8)5-10(7)13/h1-9H/t6?,7-,8+,9?/m0/s1. The van der Waals surface area contributed by atoms with Gasteiger partial charge in [-0.2, -0.15) is 0 Å². The lowest BCUT2D eigenvalue weighted by Crippen LogP contribution is -2.10. The highest BCUT2D eigenvalue weighted by molar-refractivity contribution is 9.12. The van der Waals surface area contributed by atoms with Crippen molar-refractivity contribution in [1.29, 1.82) is 0 Å².